The summed E-state index contributed by atoms with van der Waals surface area (Å²) in [6.45, 7) is 2.74. The number of aryl methyl sites for hydroxylation is 1. The average Bonchev–Trinajstić information content (AvgIpc) is 3.26. The van der Waals surface area contributed by atoms with Gasteiger partial charge in [0, 0.05) is 29.5 Å². The summed E-state index contributed by atoms with van der Waals surface area (Å²) in [6.07, 6.45) is 5.39. The summed E-state index contributed by atoms with van der Waals surface area (Å²) in [7, 11) is 1.66. The van der Waals surface area contributed by atoms with Gasteiger partial charge in [-0.2, -0.15) is 0 Å². The fraction of sp³-hybridized carbons (Fsp3) is 0.261. The average molecular weight is 421 g/mol. The molecule has 1 aliphatic rings. The zero-order chi connectivity index (χ0) is 20.9. The smallest absolute Gasteiger partial charge is 0.322 e. The fourth-order valence-corrected chi connectivity index (χ4v) is 4.49. The molecule has 1 N–H and O–H groups in total. The molecule has 7 heteroatoms. The van der Waals surface area contributed by atoms with Gasteiger partial charge < -0.3 is 15.0 Å². The van der Waals surface area contributed by atoms with Crippen molar-refractivity contribution in [1.29, 1.82) is 0 Å². The molecular weight excluding hydrogens is 396 g/mol. The first-order valence-electron chi connectivity index (χ1n) is 9.91. The highest BCUT2D eigenvalue weighted by atomic mass is 32.2. The number of methoxy groups -OCH3 is 1. The van der Waals surface area contributed by atoms with Gasteiger partial charge in [-0.3, -0.25) is 0 Å². The van der Waals surface area contributed by atoms with Gasteiger partial charge in [-0.1, -0.05) is 12.1 Å². The molecular formula is C23H24N4O2S. The summed E-state index contributed by atoms with van der Waals surface area (Å²) in [5.41, 5.74) is 2.92. The number of ether oxygens (including phenoxy) is 1. The molecule has 0 bridgehead atoms. The topological polar surface area (TPSA) is 67.3 Å². The molecule has 2 heterocycles. The first-order valence-corrected chi connectivity index (χ1v) is 10.7. The number of nitrogens with zero attached hydrogens (tertiary/aromatic N) is 3. The van der Waals surface area contributed by atoms with E-state index in [4.69, 9.17) is 4.74 Å². The quantitative estimate of drug-likeness (QED) is 0.566. The molecule has 0 spiro atoms. The number of hydrogen-bond donors (Lipinski definition) is 1. The number of hydrogen-bond acceptors (Lipinski definition) is 5. The summed E-state index contributed by atoms with van der Waals surface area (Å²) in [5.74, 6) is 0.811. The molecule has 1 aromatic heterocycles. The highest BCUT2D eigenvalue weighted by Crippen LogP contribution is 2.34. The van der Waals surface area contributed by atoms with E-state index in [1.54, 1.807) is 25.6 Å². The Morgan fingerprint density at radius 1 is 1.17 bits per heavy atom. The van der Waals surface area contributed by atoms with Crippen LogP contribution >= 0.6 is 11.8 Å². The molecule has 0 radical (unpaired) electrons. The third-order valence-corrected chi connectivity index (χ3v) is 6.07. The lowest BCUT2D eigenvalue weighted by Crippen LogP contribution is -2.34. The maximum Gasteiger partial charge on any atom is 0.322 e. The van der Waals surface area contributed by atoms with Crippen molar-refractivity contribution in [1.82, 2.24) is 14.9 Å². The molecule has 6 nitrogen and oxygen atoms in total. The Kier molecular flexibility index (Phi) is 6.18. The van der Waals surface area contributed by atoms with Gasteiger partial charge in [-0.05, 0) is 79.1 Å². The summed E-state index contributed by atoms with van der Waals surface area (Å²) in [4.78, 5) is 24.5. The van der Waals surface area contributed by atoms with Gasteiger partial charge in [0.1, 0.15) is 5.75 Å². The van der Waals surface area contributed by atoms with E-state index in [0.717, 1.165) is 46.8 Å². The minimum Gasteiger partial charge on any atom is -0.497 e. The number of rotatable bonds is 5. The van der Waals surface area contributed by atoms with Gasteiger partial charge in [0.2, 0.25) is 0 Å². The molecule has 154 valence electrons. The van der Waals surface area contributed by atoms with Crippen LogP contribution in [0.15, 0.2) is 71.0 Å². The van der Waals surface area contributed by atoms with E-state index < -0.39 is 0 Å². The van der Waals surface area contributed by atoms with Crippen molar-refractivity contribution in [2.45, 2.75) is 35.9 Å². The minimum atomic E-state index is -0.0739. The van der Waals surface area contributed by atoms with Gasteiger partial charge in [0.25, 0.3) is 0 Å². The van der Waals surface area contributed by atoms with Crippen LogP contribution in [0.2, 0.25) is 0 Å². The summed E-state index contributed by atoms with van der Waals surface area (Å²) < 4.78 is 5.35. The molecule has 1 atom stereocenters. The highest BCUT2D eigenvalue weighted by Gasteiger charge is 2.30. The van der Waals surface area contributed by atoms with Crippen molar-refractivity contribution in [3.05, 3.63) is 72.1 Å². The lowest BCUT2D eigenvalue weighted by molar-refractivity contribution is 0.207. The van der Waals surface area contributed by atoms with Crippen LogP contribution in [0.25, 0.3) is 0 Å². The van der Waals surface area contributed by atoms with Gasteiger partial charge in [0.05, 0.1) is 13.2 Å². The Morgan fingerprint density at radius 3 is 2.77 bits per heavy atom. The SMILES string of the molecule is COc1cccc(C2CCCN2C(=O)Nc2ccc(Sc3ncccn3)cc2C)c1. The van der Waals surface area contributed by atoms with Crippen LogP contribution in [0.5, 0.6) is 5.75 Å². The Morgan fingerprint density at radius 2 is 2.00 bits per heavy atom. The predicted octanol–water partition coefficient (Wildman–Crippen LogP) is 5.31. The van der Waals surface area contributed by atoms with E-state index in [1.165, 1.54) is 11.8 Å². The van der Waals surface area contributed by atoms with Gasteiger partial charge >= 0.3 is 6.03 Å². The number of benzene rings is 2. The van der Waals surface area contributed by atoms with Gasteiger partial charge in [-0.15, -0.1) is 0 Å². The summed E-state index contributed by atoms with van der Waals surface area (Å²) >= 11 is 1.50. The predicted molar refractivity (Wildman–Crippen MR) is 118 cm³/mol. The third kappa shape index (κ3) is 4.57. The number of aromatic nitrogens is 2. The van der Waals surface area contributed by atoms with E-state index in [0.29, 0.717) is 5.16 Å². The Hall–Kier alpha value is -3.06. The molecule has 1 aliphatic heterocycles. The number of nitrogens with one attached hydrogen (secondary N) is 1. The third-order valence-electron chi connectivity index (χ3n) is 5.18. The Labute approximate surface area is 180 Å². The highest BCUT2D eigenvalue weighted by molar-refractivity contribution is 7.99. The van der Waals surface area contributed by atoms with Crippen LogP contribution < -0.4 is 10.1 Å². The molecule has 1 unspecified atom stereocenters. The molecule has 4 rings (SSSR count). The van der Waals surface area contributed by atoms with Crippen LogP contribution in [0.3, 0.4) is 0 Å². The lowest BCUT2D eigenvalue weighted by atomic mass is 10.0. The maximum atomic E-state index is 13.0. The molecule has 1 fully saturated rings. The van der Waals surface area contributed by atoms with Crippen LogP contribution in [0.4, 0.5) is 10.5 Å². The molecule has 30 heavy (non-hydrogen) atoms. The molecule has 3 aromatic rings. The monoisotopic (exact) mass is 420 g/mol. The van der Waals surface area contributed by atoms with Crippen molar-refractivity contribution in [2.75, 3.05) is 19.0 Å². The lowest BCUT2D eigenvalue weighted by Gasteiger charge is -2.26. The Bertz CT molecular complexity index is 1030. The standard InChI is InChI=1S/C23H24N4O2S/c1-16-14-19(30-22-24-11-5-12-25-22)9-10-20(16)26-23(28)27-13-4-8-21(27)17-6-3-7-18(15-17)29-2/h3,5-7,9-12,14-15,21H,4,8,13H2,1-2H3,(H,26,28). The number of urea groups is 1. The van der Waals surface area contributed by atoms with E-state index in [-0.39, 0.29) is 12.1 Å². The molecule has 2 aromatic carbocycles. The first kappa shape index (κ1) is 20.2. The van der Waals surface area contributed by atoms with Crippen molar-refractivity contribution in [2.24, 2.45) is 0 Å². The summed E-state index contributed by atoms with van der Waals surface area (Å²) in [6, 6.07) is 15.7. The zero-order valence-electron chi connectivity index (χ0n) is 17.0. The number of anilines is 1. The number of carbonyl (C=O) groups excluding carboxylic acids is 1. The number of likely N-dealkylation sites (tertiary alicyclic amines) is 1. The second kappa shape index (κ2) is 9.17. The van der Waals surface area contributed by atoms with Crippen LogP contribution in [0, 0.1) is 6.92 Å². The van der Waals surface area contributed by atoms with Crippen LogP contribution in [-0.4, -0.2) is 34.6 Å². The minimum absolute atomic E-state index is 0.0606. The molecule has 0 saturated carbocycles. The summed E-state index contributed by atoms with van der Waals surface area (Å²) in [5, 5.41) is 3.79. The zero-order valence-corrected chi connectivity index (χ0v) is 17.9. The molecule has 1 saturated heterocycles. The first-order chi connectivity index (χ1) is 14.6. The van der Waals surface area contributed by atoms with E-state index in [1.807, 2.05) is 48.2 Å². The number of amides is 2. The van der Waals surface area contributed by atoms with Crippen molar-refractivity contribution in [3.63, 3.8) is 0 Å². The van der Waals surface area contributed by atoms with Crippen molar-refractivity contribution in [3.8, 4) is 5.75 Å². The van der Waals surface area contributed by atoms with Crippen LogP contribution in [-0.2, 0) is 0 Å². The Balaban J connectivity index is 1.46. The van der Waals surface area contributed by atoms with Crippen LogP contribution in [0.1, 0.15) is 30.0 Å². The second-order valence-electron chi connectivity index (χ2n) is 7.17. The number of carbonyl (C=O) groups is 1. The van der Waals surface area contributed by atoms with Gasteiger partial charge in [-0.25, -0.2) is 14.8 Å². The van der Waals surface area contributed by atoms with Crippen molar-refractivity contribution >= 4 is 23.5 Å². The molecule has 0 aliphatic carbocycles. The van der Waals surface area contributed by atoms with Gasteiger partial charge in [0.15, 0.2) is 5.16 Å². The largest absolute Gasteiger partial charge is 0.497 e. The van der Waals surface area contributed by atoms with Crippen molar-refractivity contribution < 1.29 is 9.53 Å². The normalized spacial score (nSPS) is 15.8. The molecule has 2 amide bonds. The fourth-order valence-electron chi connectivity index (χ4n) is 3.68. The maximum absolute atomic E-state index is 13.0. The second-order valence-corrected chi connectivity index (χ2v) is 8.21. The van der Waals surface area contributed by atoms with E-state index in [2.05, 4.69) is 21.4 Å². The van der Waals surface area contributed by atoms with E-state index >= 15 is 0 Å². The van der Waals surface area contributed by atoms with E-state index in [9.17, 15) is 4.79 Å².